The van der Waals surface area contributed by atoms with Crippen molar-refractivity contribution in [3.05, 3.63) is 39.3 Å². The molecule has 0 spiro atoms. The zero-order chi connectivity index (χ0) is 13.0. The summed E-state index contributed by atoms with van der Waals surface area (Å²) in [7, 11) is 0. The molecular weight excluding hydrogens is 272 g/mol. The summed E-state index contributed by atoms with van der Waals surface area (Å²) in [4.78, 5) is 23.7. The van der Waals surface area contributed by atoms with Crippen molar-refractivity contribution in [3.8, 4) is 0 Å². The highest BCUT2D eigenvalue weighted by molar-refractivity contribution is 7.09. The number of carbonyl (C=O) groups excluding carboxylic acids is 1. The molecule has 18 heavy (non-hydrogen) atoms. The first-order chi connectivity index (χ1) is 8.65. The Morgan fingerprint density at radius 2 is 2.28 bits per heavy atom. The first-order valence-electron chi connectivity index (χ1n) is 5.32. The van der Waals surface area contributed by atoms with Crippen LogP contribution in [0.2, 0.25) is 5.15 Å². The fourth-order valence-electron chi connectivity index (χ4n) is 1.32. The Morgan fingerprint density at radius 3 is 2.89 bits per heavy atom. The van der Waals surface area contributed by atoms with Crippen molar-refractivity contribution in [2.24, 2.45) is 0 Å². The summed E-state index contributed by atoms with van der Waals surface area (Å²) in [5.41, 5.74) is 1.26. The highest BCUT2D eigenvalue weighted by atomic mass is 35.5. The number of aryl methyl sites for hydroxylation is 1. The van der Waals surface area contributed by atoms with Gasteiger partial charge in [0.2, 0.25) is 0 Å². The third kappa shape index (κ3) is 3.48. The van der Waals surface area contributed by atoms with Gasteiger partial charge in [-0.3, -0.25) is 4.79 Å². The van der Waals surface area contributed by atoms with Crippen molar-refractivity contribution in [2.45, 2.75) is 13.3 Å². The molecule has 7 heteroatoms. The van der Waals surface area contributed by atoms with Crippen LogP contribution in [0.4, 0.5) is 0 Å². The maximum Gasteiger partial charge on any atom is 0.271 e. The molecule has 1 N–H and O–H groups in total. The summed E-state index contributed by atoms with van der Waals surface area (Å²) in [5, 5.41) is 6.02. The summed E-state index contributed by atoms with van der Waals surface area (Å²) in [6.45, 7) is 2.47. The van der Waals surface area contributed by atoms with Crippen LogP contribution in [0.1, 0.15) is 21.2 Å². The van der Waals surface area contributed by atoms with Crippen molar-refractivity contribution in [1.82, 2.24) is 20.3 Å². The molecule has 1 amide bonds. The van der Waals surface area contributed by atoms with Gasteiger partial charge in [-0.1, -0.05) is 11.6 Å². The summed E-state index contributed by atoms with van der Waals surface area (Å²) < 4.78 is 0. The van der Waals surface area contributed by atoms with Crippen LogP contribution in [0.3, 0.4) is 0 Å². The van der Waals surface area contributed by atoms with Gasteiger partial charge >= 0.3 is 0 Å². The molecule has 0 aromatic carbocycles. The number of amides is 1. The Morgan fingerprint density at radius 1 is 1.44 bits per heavy atom. The molecule has 0 radical (unpaired) electrons. The Labute approximate surface area is 113 Å². The standard InChI is InChI=1S/C11H11ClN4OS/c1-7-6-18-10(16-7)2-3-13-11(17)8-4-15-9(12)5-14-8/h4-6H,2-3H2,1H3,(H,13,17). The molecular formula is C11H11ClN4OS. The van der Waals surface area contributed by atoms with Crippen LogP contribution < -0.4 is 5.32 Å². The van der Waals surface area contributed by atoms with Crippen molar-refractivity contribution < 1.29 is 4.79 Å². The number of carbonyl (C=O) groups is 1. The third-order valence-corrected chi connectivity index (χ3v) is 3.37. The van der Waals surface area contributed by atoms with Crippen molar-refractivity contribution in [2.75, 3.05) is 6.54 Å². The van der Waals surface area contributed by atoms with E-state index in [1.807, 2.05) is 12.3 Å². The number of rotatable bonds is 4. The summed E-state index contributed by atoms with van der Waals surface area (Å²) in [6, 6.07) is 0. The van der Waals surface area contributed by atoms with Gasteiger partial charge in [-0.05, 0) is 6.92 Å². The van der Waals surface area contributed by atoms with Gasteiger partial charge < -0.3 is 5.32 Å². The van der Waals surface area contributed by atoms with Crippen LogP contribution in [0.15, 0.2) is 17.8 Å². The summed E-state index contributed by atoms with van der Waals surface area (Å²) in [5.74, 6) is -0.257. The third-order valence-electron chi connectivity index (χ3n) is 2.14. The predicted octanol–water partition coefficient (Wildman–Crippen LogP) is 1.87. The lowest BCUT2D eigenvalue weighted by atomic mass is 10.4. The first-order valence-corrected chi connectivity index (χ1v) is 6.57. The second-order valence-electron chi connectivity index (χ2n) is 3.61. The van der Waals surface area contributed by atoms with Crippen LogP contribution in [-0.4, -0.2) is 27.4 Å². The van der Waals surface area contributed by atoms with Crippen LogP contribution >= 0.6 is 22.9 Å². The molecule has 2 aromatic rings. The van der Waals surface area contributed by atoms with Crippen LogP contribution in [0.5, 0.6) is 0 Å². The normalized spacial score (nSPS) is 10.3. The molecule has 2 rings (SSSR count). The smallest absolute Gasteiger partial charge is 0.271 e. The van der Waals surface area contributed by atoms with E-state index in [0.717, 1.165) is 10.7 Å². The average molecular weight is 283 g/mol. The fraction of sp³-hybridized carbons (Fsp3) is 0.273. The Hall–Kier alpha value is -1.53. The lowest BCUT2D eigenvalue weighted by Gasteiger charge is -2.02. The number of hydrogen-bond donors (Lipinski definition) is 1. The molecule has 0 aliphatic rings. The Bertz CT molecular complexity index is 540. The molecule has 0 saturated carbocycles. The minimum absolute atomic E-state index is 0.257. The molecule has 5 nitrogen and oxygen atoms in total. The van der Waals surface area contributed by atoms with Crippen molar-refractivity contribution in [3.63, 3.8) is 0 Å². The highest BCUT2D eigenvalue weighted by Gasteiger charge is 2.07. The molecule has 0 fully saturated rings. The van der Waals surface area contributed by atoms with E-state index in [1.165, 1.54) is 12.4 Å². The summed E-state index contributed by atoms with van der Waals surface area (Å²) >= 11 is 7.18. The second-order valence-corrected chi connectivity index (χ2v) is 4.94. The van der Waals surface area contributed by atoms with Crippen LogP contribution in [0, 0.1) is 6.92 Å². The number of hydrogen-bond acceptors (Lipinski definition) is 5. The van der Waals surface area contributed by atoms with E-state index in [-0.39, 0.29) is 16.8 Å². The monoisotopic (exact) mass is 282 g/mol. The van der Waals surface area contributed by atoms with E-state index in [9.17, 15) is 4.79 Å². The lowest BCUT2D eigenvalue weighted by Crippen LogP contribution is -2.26. The average Bonchev–Trinajstić information content (AvgIpc) is 2.76. The molecule has 0 bridgehead atoms. The van der Waals surface area contributed by atoms with E-state index in [2.05, 4.69) is 20.3 Å². The molecule has 2 heterocycles. The van der Waals surface area contributed by atoms with E-state index in [4.69, 9.17) is 11.6 Å². The van der Waals surface area contributed by atoms with Crippen LogP contribution in [-0.2, 0) is 6.42 Å². The van der Waals surface area contributed by atoms with Gasteiger partial charge in [0.25, 0.3) is 5.91 Å². The maximum absolute atomic E-state index is 11.7. The quantitative estimate of drug-likeness (QED) is 0.929. The van der Waals surface area contributed by atoms with E-state index < -0.39 is 0 Å². The largest absolute Gasteiger partial charge is 0.350 e. The SMILES string of the molecule is Cc1csc(CCNC(=O)c2cnc(Cl)cn2)n1. The van der Waals surface area contributed by atoms with Gasteiger partial charge in [-0.2, -0.15) is 0 Å². The van der Waals surface area contributed by atoms with E-state index >= 15 is 0 Å². The summed E-state index contributed by atoms with van der Waals surface area (Å²) in [6.07, 6.45) is 3.41. The molecule has 2 aromatic heterocycles. The van der Waals surface area contributed by atoms with Gasteiger partial charge in [0.1, 0.15) is 10.8 Å². The first kappa shape index (κ1) is 12.9. The number of nitrogens with zero attached hydrogens (tertiary/aromatic N) is 3. The van der Waals surface area contributed by atoms with Gasteiger partial charge in [-0.15, -0.1) is 11.3 Å². The van der Waals surface area contributed by atoms with Crippen molar-refractivity contribution in [1.29, 1.82) is 0 Å². The Kier molecular flexibility index (Phi) is 4.22. The minimum Gasteiger partial charge on any atom is -0.350 e. The number of halogens is 1. The van der Waals surface area contributed by atoms with Gasteiger partial charge in [0, 0.05) is 24.0 Å². The molecule has 0 atom stereocenters. The lowest BCUT2D eigenvalue weighted by molar-refractivity contribution is 0.0949. The fourth-order valence-corrected chi connectivity index (χ4v) is 2.19. The number of aromatic nitrogens is 3. The predicted molar refractivity (Wildman–Crippen MR) is 69.9 cm³/mol. The zero-order valence-electron chi connectivity index (χ0n) is 9.68. The maximum atomic E-state index is 11.7. The van der Waals surface area contributed by atoms with Gasteiger partial charge in [0.05, 0.1) is 17.4 Å². The topological polar surface area (TPSA) is 67.8 Å². The van der Waals surface area contributed by atoms with Crippen LogP contribution in [0.25, 0.3) is 0 Å². The van der Waals surface area contributed by atoms with E-state index in [1.54, 1.807) is 11.3 Å². The zero-order valence-corrected chi connectivity index (χ0v) is 11.3. The molecule has 94 valence electrons. The molecule has 0 aliphatic carbocycles. The number of thiazole rings is 1. The Balaban J connectivity index is 1.83. The molecule has 0 unspecified atom stereocenters. The highest BCUT2D eigenvalue weighted by Crippen LogP contribution is 2.08. The van der Waals surface area contributed by atoms with E-state index in [0.29, 0.717) is 13.0 Å². The van der Waals surface area contributed by atoms with Gasteiger partial charge in [0.15, 0.2) is 0 Å². The minimum atomic E-state index is -0.257. The number of nitrogens with one attached hydrogen (secondary N) is 1. The second kappa shape index (κ2) is 5.88. The van der Waals surface area contributed by atoms with Crippen molar-refractivity contribution >= 4 is 28.8 Å². The molecule has 0 saturated heterocycles. The van der Waals surface area contributed by atoms with Gasteiger partial charge in [-0.25, -0.2) is 15.0 Å². The molecule has 0 aliphatic heterocycles.